The smallest absolute Gasteiger partial charge is 0.247 e. The molecule has 1 aliphatic rings. The van der Waals surface area contributed by atoms with E-state index in [2.05, 4.69) is 26.4 Å². The van der Waals surface area contributed by atoms with Crippen molar-refractivity contribution in [3.63, 3.8) is 0 Å². The topological polar surface area (TPSA) is 75.9 Å². The summed E-state index contributed by atoms with van der Waals surface area (Å²) >= 11 is 0. The highest BCUT2D eigenvalue weighted by atomic mass is 32.1. The van der Waals surface area contributed by atoms with Crippen molar-refractivity contribution in [1.82, 2.24) is 19.7 Å². The maximum absolute atomic E-state index is 13.3. The summed E-state index contributed by atoms with van der Waals surface area (Å²) in [5, 5.41) is 7.38. The van der Waals surface area contributed by atoms with Crippen LogP contribution in [0.3, 0.4) is 0 Å². The first-order valence-corrected chi connectivity index (χ1v) is 10.1. The van der Waals surface area contributed by atoms with Crippen molar-refractivity contribution in [2.75, 3.05) is 17.3 Å². The van der Waals surface area contributed by atoms with Crippen LogP contribution >= 0.6 is 13.5 Å². The lowest BCUT2D eigenvalue weighted by atomic mass is 10.0. The van der Waals surface area contributed by atoms with Crippen molar-refractivity contribution in [2.24, 2.45) is 0 Å². The minimum Gasteiger partial charge on any atom is -0.361 e. The van der Waals surface area contributed by atoms with Crippen LogP contribution in [0.2, 0.25) is 0 Å². The summed E-state index contributed by atoms with van der Waals surface area (Å²) in [6.45, 7) is 4.41. The lowest BCUT2D eigenvalue weighted by Gasteiger charge is -2.35. The Labute approximate surface area is 188 Å². The molecule has 0 saturated carbocycles. The molecule has 0 unspecified atom stereocenters. The van der Waals surface area contributed by atoms with Crippen molar-refractivity contribution < 1.29 is 9.18 Å². The number of anilines is 2. The standard InChI is InChI=1S/C22H25FN6O.H2S/c1-4-19-22(30)27-21-14(2)26-18(8-20(21)28(19)3)6-5-15-10-25-29(12-15)13-16-7-17(23)11-24-9-16;/h7-12,19H,4-6,13H2,1-3H3,(H,27,30);1H2/t19-;/m0./s1. The van der Waals surface area contributed by atoms with Crippen LogP contribution in [0.5, 0.6) is 0 Å². The van der Waals surface area contributed by atoms with E-state index in [1.54, 1.807) is 10.9 Å². The second-order valence-corrected chi connectivity index (χ2v) is 7.67. The number of aromatic nitrogens is 4. The summed E-state index contributed by atoms with van der Waals surface area (Å²) in [7, 11) is 1.96. The predicted octanol–water partition coefficient (Wildman–Crippen LogP) is 3.23. The number of carbonyl (C=O) groups is 1. The van der Waals surface area contributed by atoms with Crippen molar-refractivity contribution in [1.29, 1.82) is 0 Å². The van der Waals surface area contributed by atoms with Crippen molar-refractivity contribution in [3.05, 3.63) is 65.3 Å². The van der Waals surface area contributed by atoms with Gasteiger partial charge in [0, 0.05) is 25.1 Å². The van der Waals surface area contributed by atoms with E-state index in [0.29, 0.717) is 6.54 Å². The zero-order valence-corrected chi connectivity index (χ0v) is 18.9. The fourth-order valence-corrected chi connectivity index (χ4v) is 3.91. The molecule has 4 rings (SSSR count). The summed E-state index contributed by atoms with van der Waals surface area (Å²) in [4.78, 5) is 22.9. The third-order valence-corrected chi connectivity index (χ3v) is 5.48. The molecule has 0 radical (unpaired) electrons. The maximum Gasteiger partial charge on any atom is 0.247 e. The summed E-state index contributed by atoms with van der Waals surface area (Å²) < 4.78 is 15.1. The number of nitrogens with zero attached hydrogens (tertiary/aromatic N) is 5. The lowest BCUT2D eigenvalue weighted by molar-refractivity contribution is -0.117. The molecule has 0 bridgehead atoms. The van der Waals surface area contributed by atoms with Gasteiger partial charge in [-0.3, -0.25) is 19.4 Å². The quantitative estimate of drug-likeness (QED) is 0.634. The van der Waals surface area contributed by atoms with Gasteiger partial charge in [-0.05, 0) is 49.4 Å². The number of likely N-dealkylation sites (N-methyl/N-ethyl adjacent to an activating group) is 1. The van der Waals surface area contributed by atoms with Gasteiger partial charge in [-0.2, -0.15) is 18.6 Å². The Kier molecular flexibility index (Phi) is 6.94. The van der Waals surface area contributed by atoms with E-state index in [4.69, 9.17) is 0 Å². The average Bonchev–Trinajstić information content (AvgIpc) is 3.15. The predicted molar refractivity (Wildman–Crippen MR) is 123 cm³/mol. The van der Waals surface area contributed by atoms with Crippen LogP contribution < -0.4 is 10.2 Å². The second kappa shape index (κ2) is 9.47. The molecule has 31 heavy (non-hydrogen) atoms. The van der Waals surface area contributed by atoms with Gasteiger partial charge in [-0.1, -0.05) is 6.92 Å². The normalized spacial score (nSPS) is 15.3. The fourth-order valence-electron chi connectivity index (χ4n) is 3.91. The third-order valence-electron chi connectivity index (χ3n) is 5.48. The summed E-state index contributed by atoms with van der Waals surface area (Å²) in [6, 6.07) is 3.36. The molecule has 1 N–H and O–H groups in total. The molecular weight excluding hydrogens is 415 g/mol. The molecule has 0 fully saturated rings. The molecule has 1 amide bonds. The first-order valence-electron chi connectivity index (χ1n) is 10.1. The maximum atomic E-state index is 13.3. The number of carbonyl (C=O) groups excluding carboxylic acids is 1. The monoisotopic (exact) mass is 442 g/mol. The zero-order chi connectivity index (χ0) is 21.3. The van der Waals surface area contributed by atoms with Crippen LogP contribution in [0.25, 0.3) is 0 Å². The van der Waals surface area contributed by atoms with Crippen LogP contribution in [0.1, 0.15) is 35.9 Å². The highest BCUT2D eigenvalue weighted by molar-refractivity contribution is 7.59. The molecule has 0 saturated heterocycles. The summed E-state index contributed by atoms with van der Waals surface area (Å²) in [5.74, 6) is -0.328. The molecule has 9 heteroatoms. The van der Waals surface area contributed by atoms with Crippen molar-refractivity contribution in [3.8, 4) is 0 Å². The number of pyridine rings is 2. The average molecular weight is 443 g/mol. The van der Waals surface area contributed by atoms with E-state index in [1.165, 1.54) is 12.3 Å². The number of halogens is 1. The molecular formula is C22H27FN6OS. The fraction of sp³-hybridized carbons (Fsp3) is 0.364. The van der Waals surface area contributed by atoms with Gasteiger partial charge >= 0.3 is 0 Å². The molecule has 1 aliphatic heterocycles. The molecule has 3 aromatic heterocycles. The number of hydrogen-bond donors (Lipinski definition) is 1. The number of hydrogen-bond acceptors (Lipinski definition) is 5. The Morgan fingerprint density at radius 2 is 1.97 bits per heavy atom. The van der Waals surface area contributed by atoms with E-state index >= 15 is 0 Å². The van der Waals surface area contributed by atoms with E-state index in [1.807, 2.05) is 38.2 Å². The van der Waals surface area contributed by atoms with Gasteiger partial charge < -0.3 is 10.2 Å². The second-order valence-electron chi connectivity index (χ2n) is 7.67. The molecule has 164 valence electrons. The molecule has 0 aromatic carbocycles. The number of rotatable bonds is 6. The van der Waals surface area contributed by atoms with E-state index in [-0.39, 0.29) is 31.3 Å². The highest BCUT2D eigenvalue weighted by Gasteiger charge is 2.30. The van der Waals surface area contributed by atoms with Crippen molar-refractivity contribution in [2.45, 2.75) is 45.7 Å². The van der Waals surface area contributed by atoms with E-state index in [0.717, 1.165) is 53.2 Å². The van der Waals surface area contributed by atoms with Crippen LogP contribution in [-0.4, -0.2) is 38.7 Å². The van der Waals surface area contributed by atoms with Gasteiger partial charge in [-0.25, -0.2) is 4.39 Å². The summed E-state index contributed by atoms with van der Waals surface area (Å²) in [5.41, 5.74) is 5.47. The third kappa shape index (κ3) is 4.87. The minimum absolute atomic E-state index is 0. The lowest BCUT2D eigenvalue weighted by Crippen LogP contribution is -2.46. The van der Waals surface area contributed by atoms with Gasteiger partial charge in [0.05, 0.1) is 36.0 Å². The Balaban J connectivity index is 0.00000272. The number of aryl methyl sites for hydroxylation is 3. The zero-order valence-electron chi connectivity index (χ0n) is 17.9. The molecule has 0 spiro atoms. The number of nitrogens with one attached hydrogen (secondary N) is 1. The Morgan fingerprint density at radius 3 is 2.71 bits per heavy atom. The number of amides is 1. The van der Waals surface area contributed by atoms with Gasteiger partial charge in [0.25, 0.3) is 0 Å². The van der Waals surface area contributed by atoms with Crippen LogP contribution in [0.15, 0.2) is 36.9 Å². The van der Waals surface area contributed by atoms with Gasteiger partial charge in [0.15, 0.2) is 0 Å². The molecule has 7 nitrogen and oxygen atoms in total. The first-order chi connectivity index (χ1) is 14.4. The van der Waals surface area contributed by atoms with Gasteiger partial charge in [-0.15, -0.1) is 0 Å². The largest absolute Gasteiger partial charge is 0.361 e. The van der Waals surface area contributed by atoms with Crippen LogP contribution in [0, 0.1) is 12.7 Å². The number of fused-ring (bicyclic) bond motifs is 1. The van der Waals surface area contributed by atoms with Crippen LogP contribution in [0.4, 0.5) is 15.8 Å². The molecule has 1 atom stereocenters. The first kappa shape index (κ1) is 22.7. The van der Waals surface area contributed by atoms with Gasteiger partial charge in [0.1, 0.15) is 11.9 Å². The van der Waals surface area contributed by atoms with Crippen LogP contribution in [-0.2, 0) is 24.2 Å². The Morgan fingerprint density at radius 1 is 1.16 bits per heavy atom. The molecule has 0 aliphatic carbocycles. The highest BCUT2D eigenvalue weighted by Crippen LogP contribution is 2.34. The minimum atomic E-state index is -0.347. The van der Waals surface area contributed by atoms with Gasteiger partial charge in [0.2, 0.25) is 5.91 Å². The van der Waals surface area contributed by atoms with E-state index in [9.17, 15) is 9.18 Å². The van der Waals surface area contributed by atoms with Crippen molar-refractivity contribution >= 4 is 30.8 Å². The van der Waals surface area contributed by atoms with E-state index < -0.39 is 0 Å². The molecule has 4 heterocycles. The summed E-state index contributed by atoms with van der Waals surface area (Å²) in [6.07, 6.45) is 8.94. The SMILES string of the molecule is CC[C@H]1C(=O)Nc2c(cc(CCc3cnn(Cc4cncc(F)c4)c3)nc2C)N1C.S. The molecule has 3 aromatic rings. The Hall–Kier alpha value is -2.94. The Bertz CT molecular complexity index is 1090.